The van der Waals surface area contributed by atoms with Gasteiger partial charge in [0.2, 0.25) is 6.23 Å². The number of fused-ring (bicyclic) bond motifs is 3. The molecule has 1 N–H and O–H groups in total. The Kier molecular flexibility index (Phi) is 3.21. The second-order valence-corrected chi connectivity index (χ2v) is 5.61. The van der Waals surface area contributed by atoms with Gasteiger partial charge in [-0.2, -0.15) is 0 Å². The Labute approximate surface area is 137 Å². The highest BCUT2D eigenvalue weighted by atomic mass is 35.5. The maximum Gasteiger partial charge on any atom is 0.205 e. The minimum Gasteiger partial charge on any atom is -0.365 e. The lowest BCUT2D eigenvalue weighted by Gasteiger charge is -2.12. The third kappa shape index (κ3) is 2.23. The van der Waals surface area contributed by atoms with Gasteiger partial charge < -0.3 is 5.11 Å². The van der Waals surface area contributed by atoms with E-state index >= 15 is 0 Å². The second-order valence-electron chi connectivity index (χ2n) is 5.18. The van der Waals surface area contributed by atoms with Crippen molar-refractivity contribution in [2.24, 2.45) is 4.99 Å². The van der Waals surface area contributed by atoms with Crippen LogP contribution in [0.2, 0.25) is 5.02 Å². The van der Waals surface area contributed by atoms with Crippen LogP contribution in [0.3, 0.4) is 0 Å². The van der Waals surface area contributed by atoms with E-state index in [1.54, 1.807) is 36.8 Å². The minimum atomic E-state index is -1.10. The molecule has 6 nitrogen and oxygen atoms in total. The van der Waals surface area contributed by atoms with Crippen molar-refractivity contribution in [3.63, 3.8) is 0 Å². The highest BCUT2D eigenvalue weighted by molar-refractivity contribution is 6.31. The van der Waals surface area contributed by atoms with Gasteiger partial charge in [0.05, 0.1) is 5.69 Å². The molecule has 7 heteroatoms. The van der Waals surface area contributed by atoms with Crippen molar-refractivity contribution in [1.29, 1.82) is 0 Å². The molecule has 0 bridgehead atoms. The van der Waals surface area contributed by atoms with E-state index in [1.165, 1.54) is 0 Å². The van der Waals surface area contributed by atoms with E-state index in [1.807, 2.05) is 17.6 Å². The van der Waals surface area contributed by atoms with Gasteiger partial charge in [-0.3, -0.25) is 4.57 Å². The number of aromatic nitrogens is 4. The van der Waals surface area contributed by atoms with Gasteiger partial charge in [0.15, 0.2) is 11.6 Å². The molecule has 0 saturated carbocycles. The number of aliphatic hydroxyl groups is 1. The van der Waals surface area contributed by atoms with Gasteiger partial charge in [0.25, 0.3) is 0 Å². The molecule has 23 heavy (non-hydrogen) atoms. The molecule has 0 saturated heterocycles. The van der Waals surface area contributed by atoms with Crippen LogP contribution in [0.15, 0.2) is 47.8 Å². The first-order valence-corrected chi connectivity index (χ1v) is 7.41. The molecule has 3 aromatic rings. The van der Waals surface area contributed by atoms with E-state index in [-0.39, 0.29) is 0 Å². The largest absolute Gasteiger partial charge is 0.365 e. The maximum absolute atomic E-state index is 10.5. The summed E-state index contributed by atoms with van der Waals surface area (Å²) < 4.78 is 1.87. The number of benzene rings is 1. The predicted octanol–water partition coefficient (Wildman–Crippen LogP) is 2.47. The Hall–Kier alpha value is -2.57. The molecule has 0 aliphatic carbocycles. The van der Waals surface area contributed by atoms with Gasteiger partial charge in [-0.1, -0.05) is 11.6 Å². The molecular formula is C16H12ClN5O. The Morgan fingerprint density at radius 2 is 1.96 bits per heavy atom. The molecule has 0 radical (unpaired) electrons. The van der Waals surface area contributed by atoms with Gasteiger partial charge in [-0.15, -0.1) is 0 Å². The molecule has 4 rings (SSSR count). The minimum absolute atomic E-state index is 0.429. The van der Waals surface area contributed by atoms with Crippen molar-refractivity contribution in [3.8, 4) is 5.69 Å². The van der Waals surface area contributed by atoms with E-state index in [0.717, 1.165) is 16.9 Å². The molecule has 1 aromatic carbocycles. The molecule has 0 amide bonds. The fraction of sp³-hybridized carbons (Fsp3) is 0.125. The topological polar surface area (TPSA) is 76.2 Å². The number of aliphatic hydroxyl groups excluding tert-OH is 1. The van der Waals surface area contributed by atoms with Gasteiger partial charge in [0, 0.05) is 34.9 Å². The van der Waals surface area contributed by atoms with Crippen LogP contribution in [-0.2, 0) is 0 Å². The Morgan fingerprint density at radius 1 is 1.17 bits per heavy atom. The van der Waals surface area contributed by atoms with E-state index in [2.05, 4.69) is 19.9 Å². The molecule has 1 aliphatic heterocycles. The molecule has 1 atom stereocenters. The summed E-state index contributed by atoms with van der Waals surface area (Å²) in [7, 11) is 0. The first-order valence-electron chi connectivity index (χ1n) is 7.03. The molecular weight excluding hydrogens is 314 g/mol. The predicted molar refractivity (Wildman–Crippen MR) is 85.9 cm³/mol. The van der Waals surface area contributed by atoms with Gasteiger partial charge in [0.1, 0.15) is 5.71 Å². The highest BCUT2D eigenvalue weighted by Crippen LogP contribution is 2.31. The van der Waals surface area contributed by atoms with Crippen molar-refractivity contribution in [2.75, 3.05) is 0 Å². The summed E-state index contributed by atoms with van der Waals surface area (Å²) in [5.74, 6) is 0.885. The molecule has 2 aromatic heterocycles. The normalized spacial score (nSPS) is 16.3. The van der Waals surface area contributed by atoms with Crippen LogP contribution in [0.4, 0.5) is 0 Å². The molecule has 0 spiro atoms. The average Bonchev–Trinajstić information content (AvgIpc) is 2.89. The summed E-state index contributed by atoms with van der Waals surface area (Å²) >= 11 is 6.18. The maximum atomic E-state index is 10.5. The third-order valence-corrected chi connectivity index (χ3v) is 3.92. The van der Waals surface area contributed by atoms with Crippen LogP contribution < -0.4 is 0 Å². The number of aliphatic imine (C=N–C) groups is 1. The average molecular weight is 326 g/mol. The van der Waals surface area contributed by atoms with Crippen molar-refractivity contribution >= 4 is 17.3 Å². The van der Waals surface area contributed by atoms with Crippen LogP contribution in [0.5, 0.6) is 0 Å². The number of nitrogens with zero attached hydrogens (tertiary/aromatic N) is 5. The lowest BCUT2D eigenvalue weighted by Crippen LogP contribution is -2.11. The van der Waals surface area contributed by atoms with Crippen molar-refractivity contribution < 1.29 is 5.11 Å². The van der Waals surface area contributed by atoms with Crippen molar-refractivity contribution in [3.05, 3.63) is 70.8 Å². The fourth-order valence-corrected chi connectivity index (χ4v) is 2.87. The number of aryl methyl sites for hydroxylation is 1. The standard InChI is InChI=1S/C16H12ClN5O/c1-9-8-20-15-16(23)21-13(14-18-5-2-6-19-14)11-7-10(17)3-4-12(11)22(9)15/h2-8,16,23H,1H3. The summed E-state index contributed by atoms with van der Waals surface area (Å²) in [5.41, 5.74) is 2.97. The van der Waals surface area contributed by atoms with E-state index in [0.29, 0.717) is 22.4 Å². The lowest BCUT2D eigenvalue weighted by atomic mass is 10.1. The van der Waals surface area contributed by atoms with Crippen LogP contribution in [-0.4, -0.2) is 30.3 Å². The highest BCUT2D eigenvalue weighted by Gasteiger charge is 2.26. The molecule has 1 aliphatic rings. The van der Waals surface area contributed by atoms with Gasteiger partial charge in [-0.05, 0) is 31.2 Å². The van der Waals surface area contributed by atoms with Crippen LogP contribution in [0.25, 0.3) is 5.69 Å². The van der Waals surface area contributed by atoms with E-state index < -0.39 is 6.23 Å². The Balaban J connectivity index is 2.06. The molecule has 1 unspecified atom stereocenters. The van der Waals surface area contributed by atoms with Crippen LogP contribution >= 0.6 is 11.6 Å². The van der Waals surface area contributed by atoms with E-state index in [4.69, 9.17) is 11.6 Å². The quantitative estimate of drug-likeness (QED) is 0.745. The first-order chi connectivity index (χ1) is 11.1. The monoisotopic (exact) mass is 325 g/mol. The smallest absolute Gasteiger partial charge is 0.205 e. The summed E-state index contributed by atoms with van der Waals surface area (Å²) in [6.45, 7) is 1.92. The summed E-state index contributed by atoms with van der Waals surface area (Å²) in [5, 5.41) is 11.0. The fourth-order valence-electron chi connectivity index (χ4n) is 2.69. The second kappa shape index (κ2) is 5.26. The number of halogens is 1. The van der Waals surface area contributed by atoms with E-state index in [9.17, 15) is 5.11 Å². The summed E-state index contributed by atoms with van der Waals surface area (Å²) in [6.07, 6.45) is 3.87. The third-order valence-electron chi connectivity index (χ3n) is 3.68. The zero-order chi connectivity index (χ0) is 16.0. The van der Waals surface area contributed by atoms with Crippen LogP contribution in [0, 0.1) is 6.92 Å². The zero-order valence-electron chi connectivity index (χ0n) is 12.2. The molecule has 3 heterocycles. The Bertz CT molecular complexity index is 919. The number of hydrogen-bond donors (Lipinski definition) is 1. The molecule has 0 fully saturated rings. The van der Waals surface area contributed by atoms with Crippen LogP contribution in [0.1, 0.15) is 29.1 Å². The number of hydrogen-bond acceptors (Lipinski definition) is 5. The zero-order valence-corrected chi connectivity index (χ0v) is 12.9. The summed E-state index contributed by atoms with van der Waals surface area (Å²) in [4.78, 5) is 17.2. The first kappa shape index (κ1) is 14.0. The van der Waals surface area contributed by atoms with Crippen molar-refractivity contribution in [1.82, 2.24) is 19.5 Å². The number of rotatable bonds is 1. The van der Waals surface area contributed by atoms with Gasteiger partial charge >= 0.3 is 0 Å². The summed E-state index contributed by atoms with van der Waals surface area (Å²) in [6, 6.07) is 7.20. The molecule has 114 valence electrons. The number of imidazole rings is 1. The van der Waals surface area contributed by atoms with Crippen molar-refractivity contribution in [2.45, 2.75) is 13.2 Å². The van der Waals surface area contributed by atoms with Gasteiger partial charge in [-0.25, -0.2) is 19.9 Å². The Morgan fingerprint density at radius 3 is 2.74 bits per heavy atom. The lowest BCUT2D eigenvalue weighted by molar-refractivity contribution is 0.177. The SMILES string of the molecule is Cc1cnc2n1-c1ccc(Cl)cc1C(c1ncccn1)=NC2O.